The molecule has 1 aromatic rings. The van der Waals surface area contributed by atoms with E-state index in [1.54, 1.807) is 21.3 Å². The van der Waals surface area contributed by atoms with Crippen LogP contribution in [0.15, 0.2) is 12.1 Å². The monoisotopic (exact) mass is 322 g/mol. The maximum atomic E-state index is 11.6. The summed E-state index contributed by atoms with van der Waals surface area (Å²) in [5, 5.41) is 3.06. The van der Waals surface area contributed by atoms with E-state index in [0.717, 1.165) is 24.1 Å². The van der Waals surface area contributed by atoms with Gasteiger partial charge in [-0.2, -0.15) is 0 Å². The van der Waals surface area contributed by atoms with Crippen molar-refractivity contribution in [2.24, 2.45) is 11.7 Å². The van der Waals surface area contributed by atoms with Crippen LogP contribution in [0, 0.1) is 5.92 Å². The minimum Gasteiger partial charge on any atom is -0.494 e. The summed E-state index contributed by atoms with van der Waals surface area (Å²) in [6, 6.07) is 3.90. The second kappa shape index (κ2) is 9.02. The van der Waals surface area contributed by atoms with Gasteiger partial charge in [0.2, 0.25) is 5.91 Å². The summed E-state index contributed by atoms with van der Waals surface area (Å²) < 4.78 is 10.8. The van der Waals surface area contributed by atoms with Crippen molar-refractivity contribution in [3.05, 3.63) is 17.7 Å². The van der Waals surface area contributed by atoms with Crippen LogP contribution in [0.4, 0.5) is 5.69 Å². The minimum atomic E-state index is -0.438. The largest absolute Gasteiger partial charge is 0.494 e. The van der Waals surface area contributed by atoms with Crippen molar-refractivity contribution in [1.82, 2.24) is 0 Å². The SMILES string of the molecule is CNc1c(OC)cc(CCCC(CC(N)=O)C(C)=O)cc1OC. The Hall–Kier alpha value is -2.24. The van der Waals surface area contributed by atoms with Crippen LogP contribution in [-0.4, -0.2) is 33.0 Å². The fourth-order valence-electron chi connectivity index (χ4n) is 2.60. The lowest BCUT2D eigenvalue weighted by Gasteiger charge is -2.16. The average Bonchev–Trinajstić information content (AvgIpc) is 2.52. The number of benzene rings is 1. The number of primary amides is 1. The summed E-state index contributed by atoms with van der Waals surface area (Å²) in [6.07, 6.45) is 2.29. The molecular formula is C17H26N2O4. The van der Waals surface area contributed by atoms with Crippen LogP contribution >= 0.6 is 0 Å². The second-order valence-electron chi connectivity index (χ2n) is 5.50. The van der Waals surface area contributed by atoms with Gasteiger partial charge in [-0.25, -0.2) is 0 Å². The summed E-state index contributed by atoms with van der Waals surface area (Å²) in [5.74, 6) is 0.688. The fraction of sp³-hybridized carbons (Fsp3) is 0.529. The van der Waals surface area contributed by atoms with Gasteiger partial charge in [0.15, 0.2) is 0 Å². The summed E-state index contributed by atoms with van der Waals surface area (Å²) >= 11 is 0. The highest BCUT2D eigenvalue weighted by atomic mass is 16.5. The molecule has 1 aromatic carbocycles. The van der Waals surface area contributed by atoms with Gasteiger partial charge in [0.25, 0.3) is 0 Å². The van der Waals surface area contributed by atoms with Crippen molar-refractivity contribution in [3.8, 4) is 11.5 Å². The first-order valence-corrected chi connectivity index (χ1v) is 7.64. The van der Waals surface area contributed by atoms with E-state index in [0.29, 0.717) is 17.9 Å². The van der Waals surface area contributed by atoms with Crippen LogP contribution in [0.2, 0.25) is 0 Å². The quantitative estimate of drug-likeness (QED) is 0.689. The predicted molar refractivity (Wildman–Crippen MR) is 90.0 cm³/mol. The van der Waals surface area contributed by atoms with Gasteiger partial charge in [0.05, 0.1) is 14.2 Å². The van der Waals surface area contributed by atoms with E-state index in [-0.39, 0.29) is 18.1 Å². The smallest absolute Gasteiger partial charge is 0.218 e. The Morgan fingerprint density at radius 2 is 1.78 bits per heavy atom. The predicted octanol–water partition coefficient (Wildman–Crippen LogP) is 2.15. The highest BCUT2D eigenvalue weighted by molar-refractivity contribution is 5.84. The van der Waals surface area contributed by atoms with Gasteiger partial charge in [-0.3, -0.25) is 9.59 Å². The highest BCUT2D eigenvalue weighted by Gasteiger charge is 2.17. The molecule has 0 aromatic heterocycles. The van der Waals surface area contributed by atoms with Crippen molar-refractivity contribution in [3.63, 3.8) is 0 Å². The Morgan fingerprint density at radius 3 is 2.17 bits per heavy atom. The third-order valence-corrected chi connectivity index (χ3v) is 3.86. The number of aryl methyl sites for hydroxylation is 1. The molecule has 1 atom stereocenters. The molecule has 0 bridgehead atoms. The molecule has 23 heavy (non-hydrogen) atoms. The average molecular weight is 322 g/mol. The number of Topliss-reactive ketones (excluding diaryl/α,β-unsaturated/α-hetero) is 1. The molecule has 0 spiro atoms. The number of hydrogen-bond donors (Lipinski definition) is 2. The molecule has 0 fully saturated rings. The first-order chi connectivity index (χ1) is 10.9. The molecular weight excluding hydrogens is 296 g/mol. The molecule has 0 radical (unpaired) electrons. The molecule has 0 aliphatic carbocycles. The summed E-state index contributed by atoms with van der Waals surface area (Å²) in [5.41, 5.74) is 7.05. The first-order valence-electron chi connectivity index (χ1n) is 7.64. The van der Waals surface area contributed by atoms with Crippen molar-refractivity contribution < 1.29 is 19.1 Å². The Bertz CT molecular complexity index is 533. The number of ether oxygens (including phenoxy) is 2. The Morgan fingerprint density at radius 1 is 1.22 bits per heavy atom. The lowest BCUT2D eigenvalue weighted by Crippen LogP contribution is -2.21. The lowest BCUT2D eigenvalue weighted by molar-refractivity contribution is -0.126. The molecule has 6 heteroatoms. The molecule has 6 nitrogen and oxygen atoms in total. The molecule has 0 saturated heterocycles. The van der Waals surface area contributed by atoms with Crippen molar-refractivity contribution in [2.75, 3.05) is 26.6 Å². The number of carbonyl (C=O) groups excluding carboxylic acids is 2. The van der Waals surface area contributed by atoms with Gasteiger partial charge in [-0.15, -0.1) is 0 Å². The van der Waals surface area contributed by atoms with E-state index < -0.39 is 5.91 Å². The molecule has 0 heterocycles. The van der Waals surface area contributed by atoms with Gasteiger partial charge >= 0.3 is 0 Å². The Kier molecular flexibility index (Phi) is 7.38. The van der Waals surface area contributed by atoms with E-state index in [9.17, 15) is 9.59 Å². The second-order valence-corrected chi connectivity index (χ2v) is 5.50. The molecule has 1 rings (SSSR count). The fourth-order valence-corrected chi connectivity index (χ4v) is 2.60. The highest BCUT2D eigenvalue weighted by Crippen LogP contribution is 2.36. The van der Waals surface area contributed by atoms with Gasteiger partial charge < -0.3 is 20.5 Å². The third-order valence-electron chi connectivity index (χ3n) is 3.86. The zero-order valence-electron chi connectivity index (χ0n) is 14.3. The number of nitrogens with two attached hydrogens (primary N) is 1. The van der Waals surface area contributed by atoms with Crippen molar-refractivity contribution in [1.29, 1.82) is 0 Å². The number of carbonyl (C=O) groups is 2. The van der Waals surface area contributed by atoms with Crippen molar-refractivity contribution >= 4 is 17.4 Å². The van der Waals surface area contributed by atoms with Gasteiger partial charge in [0, 0.05) is 19.4 Å². The summed E-state index contributed by atoms with van der Waals surface area (Å²) in [6.45, 7) is 1.50. The number of rotatable bonds is 10. The van der Waals surface area contributed by atoms with Gasteiger partial charge in [-0.1, -0.05) is 0 Å². The zero-order valence-corrected chi connectivity index (χ0v) is 14.3. The van der Waals surface area contributed by atoms with Crippen LogP contribution in [0.5, 0.6) is 11.5 Å². The van der Waals surface area contributed by atoms with Crippen LogP contribution in [0.1, 0.15) is 31.7 Å². The maximum absolute atomic E-state index is 11.6. The molecule has 0 aliphatic heterocycles. The van der Waals surface area contributed by atoms with E-state index in [4.69, 9.17) is 15.2 Å². The number of anilines is 1. The van der Waals surface area contributed by atoms with Gasteiger partial charge in [-0.05, 0) is 43.9 Å². The molecule has 3 N–H and O–H groups in total. The molecule has 1 unspecified atom stereocenters. The first kappa shape index (κ1) is 18.8. The molecule has 1 amide bonds. The van der Waals surface area contributed by atoms with Crippen LogP contribution in [0.25, 0.3) is 0 Å². The van der Waals surface area contributed by atoms with E-state index in [2.05, 4.69) is 5.32 Å². The minimum absolute atomic E-state index is 0.00416. The topological polar surface area (TPSA) is 90.6 Å². The number of hydrogen-bond acceptors (Lipinski definition) is 5. The standard InChI is InChI=1S/C17H26N2O4/c1-11(20)13(10-16(18)21)7-5-6-12-8-14(22-3)17(19-2)15(9-12)23-4/h8-9,13,19H,5-7,10H2,1-4H3,(H2,18,21). The van der Waals surface area contributed by atoms with Crippen molar-refractivity contribution in [2.45, 2.75) is 32.6 Å². The summed E-state index contributed by atoms with van der Waals surface area (Å²) in [4.78, 5) is 22.6. The normalized spacial score (nSPS) is 11.7. The molecule has 128 valence electrons. The summed E-state index contributed by atoms with van der Waals surface area (Å²) in [7, 11) is 5.03. The van der Waals surface area contributed by atoms with Crippen LogP contribution in [0.3, 0.4) is 0 Å². The van der Waals surface area contributed by atoms with Crippen LogP contribution in [-0.2, 0) is 16.0 Å². The number of ketones is 1. The number of amides is 1. The molecule has 0 aliphatic rings. The Balaban J connectivity index is 2.77. The number of nitrogens with one attached hydrogen (secondary N) is 1. The zero-order chi connectivity index (χ0) is 17.4. The maximum Gasteiger partial charge on any atom is 0.218 e. The van der Waals surface area contributed by atoms with Crippen LogP contribution < -0.4 is 20.5 Å². The third kappa shape index (κ3) is 5.47. The Labute approximate surface area is 137 Å². The van der Waals surface area contributed by atoms with Gasteiger partial charge in [0.1, 0.15) is 23.0 Å². The molecule has 0 saturated carbocycles. The van der Waals surface area contributed by atoms with E-state index in [1.165, 1.54) is 6.92 Å². The van der Waals surface area contributed by atoms with E-state index in [1.807, 2.05) is 12.1 Å². The number of methoxy groups -OCH3 is 2. The lowest BCUT2D eigenvalue weighted by atomic mass is 9.93. The van der Waals surface area contributed by atoms with E-state index >= 15 is 0 Å².